The monoisotopic (exact) mass is 386 g/mol. The van der Waals surface area contributed by atoms with E-state index in [0.717, 1.165) is 25.7 Å². The van der Waals surface area contributed by atoms with Crippen LogP contribution in [0.2, 0.25) is 0 Å². The predicted octanol–water partition coefficient (Wildman–Crippen LogP) is 3.53. The van der Waals surface area contributed by atoms with E-state index in [0.29, 0.717) is 6.42 Å². The van der Waals surface area contributed by atoms with Crippen LogP contribution in [0.5, 0.6) is 0 Å². The van der Waals surface area contributed by atoms with Crippen LogP contribution in [0.1, 0.15) is 71.1 Å². The standard InChI is InChI=1S/C20H35NO6/c1-2-3-4-5-6-7-8-9-10-11-12-13-14-21(15-18(22)23,16-19(24)25)17-20(26)27/h2-3H,4-17H2,1H3,(H2-,22,23,24,25,26,27)/p+1/b3-2+. The Morgan fingerprint density at radius 3 is 1.41 bits per heavy atom. The van der Waals surface area contributed by atoms with E-state index in [9.17, 15) is 14.4 Å². The highest BCUT2D eigenvalue weighted by Gasteiger charge is 2.35. The number of hydrogen-bond acceptors (Lipinski definition) is 3. The van der Waals surface area contributed by atoms with Gasteiger partial charge >= 0.3 is 17.9 Å². The maximum Gasteiger partial charge on any atom is 0.359 e. The second-order valence-corrected chi connectivity index (χ2v) is 7.26. The molecule has 0 atom stereocenters. The topological polar surface area (TPSA) is 112 Å². The summed E-state index contributed by atoms with van der Waals surface area (Å²) < 4.78 is -0.438. The van der Waals surface area contributed by atoms with Gasteiger partial charge in [0, 0.05) is 0 Å². The minimum absolute atomic E-state index is 0.260. The molecule has 0 aromatic rings. The Labute approximate surface area is 162 Å². The van der Waals surface area contributed by atoms with Crippen molar-refractivity contribution in [1.82, 2.24) is 0 Å². The van der Waals surface area contributed by atoms with Gasteiger partial charge in [-0.3, -0.25) is 4.48 Å². The summed E-state index contributed by atoms with van der Waals surface area (Å²) in [6, 6.07) is 0. The molecule has 156 valence electrons. The molecule has 0 amide bonds. The third-order valence-electron chi connectivity index (χ3n) is 4.65. The molecule has 0 aromatic heterocycles. The smallest absolute Gasteiger partial charge is 0.359 e. The molecular formula is C20H36NO6+. The average molecular weight is 387 g/mol. The van der Waals surface area contributed by atoms with E-state index >= 15 is 0 Å². The maximum absolute atomic E-state index is 11.1. The number of carboxylic acid groups (broad SMARTS) is 3. The third kappa shape index (κ3) is 14.9. The zero-order valence-electron chi connectivity index (χ0n) is 16.6. The van der Waals surface area contributed by atoms with Crippen LogP contribution < -0.4 is 0 Å². The van der Waals surface area contributed by atoms with Gasteiger partial charge < -0.3 is 15.3 Å². The predicted molar refractivity (Wildman–Crippen MR) is 104 cm³/mol. The number of allylic oxidation sites excluding steroid dienone is 2. The molecule has 0 unspecified atom stereocenters. The van der Waals surface area contributed by atoms with Crippen LogP contribution in [0.15, 0.2) is 12.2 Å². The van der Waals surface area contributed by atoms with Crippen molar-refractivity contribution in [3.05, 3.63) is 12.2 Å². The maximum atomic E-state index is 11.1. The van der Waals surface area contributed by atoms with E-state index in [4.69, 9.17) is 15.3 Å². The fraction of sp³-hybridized carbons (Fsp3) is 0.750. The van der Waals surface area contributed by atoms with Crippen molar-refractivity contribution in [3.63, 3.8) is 0 Å². The summed E-state index contributed by atoms with van der Waals surface area (Å²) in [5.74, 6) is -3.52. The molecular weight excluding hydrogens is 350 g/mol. The molecule has 0 saturated carbocycles. The summed E-state index contributed by atoms with van der Waals surface area (Å²) >= 11 is 0. The van der Waals surface area contributed by atoms with Crippen molar-refractivity contribution in [2.45, 2.75) is 71.1 Å². The Morgan fingerprint density at radius 1 is 0.667 bits per heavy atom. The summed E-state index contributed by atoms with van der Waals surface area (Å²) in [4.78, 5) is 33.3. The molecule has 0 heterocycles. The molecule has 0 fully saturated rings. The van der Waals surface area contributed by atoms with Gasteiger partial charge in [-0.2, -0.15) is 0 Å². The van der Waals surface area contributed by atoms with Gasteiger partial charge in [0.1, 0.15) is 0 Å². The van der Waals surface area contributed by atoms with Crippen LogP contribution in [-0.2, 0) is 14.4 Å². The van der Waals surface area contributed by atoms with E-state index in [1.165, 1.54) is 32.1 Å². The first-order valence-corrected chi connectivity index (χ1v) is 9.93. The summed E-state index contributed by atoms with van der Waals surface area (Å²) in [6.45, 7) is 0.854. The number of unbranched alkanes of at least 4 members (excludes halogenated alkanes) is 9. The van der Waals surface area contributed by atoms with Crippen LogP contribution in [0.25, 0.3) is 0 Å². The summed E-state index contributed by atoms with van der Waals surface area (Å²) in [5, 5.41) is 27.2. The lowest BCUT2D eigenvalue weighted by Crippen LogP contribution is -2.57. The lowest BCUT2D eigenvalue weighted by Gasteiger charge is -2.34. The van der Waals surface area contributed by atoms with Gasteiger partial charge in [-0.25, -0.2) is 14.4 Å². The first-order chi connectivity index (χ1) is 12.8. The fourth-order valence-corrected chi connectivity index (χ4v) is 3.38. The number of nitrogens with zero attached hydrogens (tertiary/aromatic N) is 1. The third-order valence-corrected chi connectivity index (χ3v) is 4.65. The minimum atomic E-state index is -1.17. The number of hydrogen-bond donors (Lipinski definition) is 3. The number of aliphatic carboxylic acids is 3. The molecule has 0 saturated heterocycles. The van der Waals surface area contributed by atoms with Crippen molar-refractivity contribution >= 4 is 17.9 Å². The zero-order valence-corrected chi connectivity index (χ0v) is 16.6. The number of carboxylic acids is 3. The average Bonchev–Trinajstić information content (AvgIpc) is 2.53. The minimum Gasteiger partial charge on any atom is -0.477 e. The Hall–Kier alpha value is -1.89. The highest BCUT2D eigenvalue weighted by atomic mass is 16.4. The van der Waals surface area contributed by atoms with E-state index < -0.39 is 42.0 Å². The highest BCUT2D eigenvalue weighted by molar-refractivity contribution is 5.73. The number of quaternary nitrogens is 1. The number of rotatable bonds is 18. The first kappa shape index (κ1) is 25.1. The van der Waals surface area contributed by atoms with E-state index in [1.54, 1.807) is 0 Å². The van der Waals surface area contributed by atoms with E-state index in [2.05, 4.69) is 12.2 Å². The van der Waals surface area contributed by atoms with Crippen molar-refractivity contribution in [2.75, 3.05) is 26.2 Å². The molecule has 0 bridgehead atoms. The van der Waals surface area contributed by atoms with Crippen LogP contribution in [0.4, 0.5) is 0 Å². The molecule has 7 heteroatoms. The van der Waals surface area contributed by atoms with Gasteiger partial charge in [-0.15, -0.1) is 0 Å². The van der Waals surface area contributed by atoms with Gasteiger partial charge in [0.25, 0.3) is 0 Å². The largest absolute Gasteiger partial charge is 0.477 e. The second kappa shape index (κ2) is 15.2. The lowest BCUT2D eigenvalue weighted by molar-refractivity contribution is -0.907. The molecule has 0 aliphatic rings. The molecule has 0 radical (unpaired) electrons. The van der Waals surface area contributed by atoms with Gasteiger partial charge in [0.15, 0.2) is 19.6 Å². The van der Waals surface area contributed by atoms with Crippen molar-refractivity contribution in [3.8, 4) is 0 Å². The zero-order chi connectivity index (χ0) is 20.5. The van der Waals surface area contributed by atoms with Crippen LogP contribution in [0, 0.1) is 0 Å². The lowest BCUT2D eigenvalue weighted by atomic mass is 10.1. The summed E-state index contributed by atoms with van der Waals surface area (Å²) in [5.41, 5.74) is 0. The van der Waals surface area contributed by atoms with E-state index in [1.807, 2.05) is 6.92 Å². The molecule has 0 aromatic carbocycles. The Morgan fingerprint density at radius 2 is 1.04 bits per heavy atom. The van der Waals surface area contributed by atoms with Crippen molar-refractivity contribution in [1.29, 1.82) is 0 Å². The van der Waals surface area contributed by atoms with Crippen molar-refractivity contribution < 1.29 is 34.2 Å². The molecule has 0 rings (SSSR count). The molecule has 27 heavy (non-hydrogen) atoms. The molecule has 3 N–H and O–H groups in total. The second-order valence-electron chi connectivity index (χ2n) is 7.26. The van der Waals surface area contributed by atoms with Crippen LogP contribution in [-0.4, -0.2) is 63.9 Å². The van der Waals surface area contributed by atoms with Gasteiger partial charge in [0.05, 0.1) is 6.54 Å². The SMILES string of the molecule is C/C=C/CCCCCCCCCCC[N+](CC(=O)O)(CC(=O)O)CC(=O)O. The summed E-state index contributed by atoms with van der Waals surface area (Å²) in [7, 11) is 0. The Balaban J connectivity index is 4.09. The van der Waals surface area contributed by atoms with Crippen LogP contribution >= 0.6 is 0 Å². The number of carbonyl (C=O) groups is 3. The molecule has 7 nitrogen and oxygen atoms in total. The molecule has 0 aliphatic heterocycles. The van der Waals surface area contributed by atoms with Crippen LogP contribution in [0.3, 0.4) is 0 Å². The summed E-state index contributed by atoms with van der Waals surface area (Å²) in [6.07, 6.45) is 15.1. The Bertz CT molecular complexity index is 434. The fourth-order valence-electron chi connectivity index (χ4n) is 3.38. The van der Waals surface area contributed by atoms with Gasteiger partial charge in [-0.05, 0) is 32.6 Å². The quantitative estimate of drug-likeness (QED) is 0.189. The van der Waals surface area contributed by atoms with Gasteiger partial charge in [-0.1, -0.05) is 50.7 Å². The first-order valence-electron chi connectivity index (χ1n) is 9.93. The molecule has 0 spiro atoms. The normalized spacial score (nSPS) is 11.7. The van der Waals surface area contributed by atoms with Gasteiger partial charge in [0.2, 0.25) is 0 Å². The van der Waals surface area contributed by atoms with E-state index in [-0.39, 0.29) is 6.54 Å². The highest BCUT2D eigenvalue weighted by Crippen LogP contribution is 2.14. The van der Waals surface area contributed by atoms with Crippen molar-refractivity contribution in [2.24, 2.45) is 0 Å². The Kier molecular flexibility index (Phi) is 14.1. The molecule has 0 aliphatic carbocycles.